The molecule has 1 fully saturated rings. The second kappa shape index (κ2) is 5.34. The quantitative estimate of drug-likeness (QED) is 0.505. The van der Waals surface area contributed by atoms with Crippen molar-refractivity contribution in [2.45, 2.75) is 19.8 Å². The van der Waals surface area contributed by atoms with Crippen molar-refractivity contribution >= 4 is 31.7 Å². The lowest BCUT2D eigenvalue weighted by Gasteiger charge is -2.17. The number of nitrogens with one attached hydrogen (secondary N) is 1. The van der Waals surface area contributed by atoms with E-state index in [1.165, 1.54) is 22.7 Å². The van der Waals surface area contributed by atoms with Crippen molar-refractivity contribution in [2.24, 2.45) is 11.1 Å². The number of thiol groups is 1. The van der Waals surface area contributed by atoms with E-state index in [1.807, 2.05) is 6.07 Å². The summed E-state index contributed by atoms with van der Waals surface area (Å²) in [5.41, 5.74) is 7.21. The van der Waals surface area contributed by atoms with Gasteiger partial charge in [0.2, 0.25) is 10.9 Å². The SMILES string of the molecule is CC1(COc2cccc(N[SH](=O)=O)c2C(N)=[SiH2])CC1. The second-order valence-corrected chi connectivity index (χ2v) is 6.67. The third-order valence-corrected chi connectivity index (χ3v) is 4.02. The third kappa shape index (κ3) is 3.57. The topological polar surface area (TPSA) is 81.4 Å². The van der Waals surface area contributed by atoms with E-state index in [4.69, 9.17) is 10.5 Å². The maximum Gasteiger partial charge on any atom is 0.222 e. The van der Waals surface area contributed by atoms with E-state index < -0.39 is 10.9 Å². The van der Waals surface area contributed by atoms with Gasteiger partial charge in [-0.3, -0.25) is 4.72 Å². The first-order valence-corrected chi connectivity index (χ1v) is 7.91. The first kappa shape index (κ1) is 14.1. The van der Waals surface area contributed by atoms with Gasteiger partial charge in [-0.2, -0.15) is 0 Å². The molecule has 19 heavy (non-hydrogen) atoms. The van der Waals surface area contributed by atoms with Crippen LogP contribution < -0.4 is 15.2 Å². The van der Waals surface area contributed by atoms with Gasteiger partial charge >= 0.3 is 0 Å². The molecule has 5 nitrogen and oxygen atoms in total. The van der Waals surface area contributed by atoms with E-state index in [-0.39, 0.29) is 5.41 Å². The maximum absolute atomic E-state index is 10.8. The summed E-state index contributed by atoms with van der Waals surface area (Å²) in [6, 6.07) is 5.24. The number of benzene rings is 1. The molecular formula is C12H18N2O3SSi. The summed E-state index contributed by atoms with van der Waals surface area (Å²) >= 11 is 0. The summed E-state index contributed by atoms with van der Waals surface area (Å²) in [4.78, 5) is 0. The smallest absolute Gasteiger partial charge is 0.222 e. The van der Waals surface area contributed by atoms with Crippen LogP contribution in [0.1, 0.15) is 25.3 Å². The van der Waals surface area contributed by atoms with E-state index in [0.29, 0.717) is 28.9 Å². The number of ether oxygens (including phenoxy) is 1. The van der Waals surface area contributed by atoms with Crippen LogP contribution in [0, 0.1) is 5.41 Å². The van der Waals surface area contributed by atoms with Crippen molar-refractivity contribution in [2.75, 3.05) is 11.3 Å². The Labute approximate surface area is 117 Å². The second-order valence-electron chi connectivity index (χ2n) is 5.17. The zero-order valence-electron chi connectivity index (χ0n) is 10.8. The predicted molar refractivity (Wildman–Crippen MR) is 80.1 cm³/mol. The third-order valence-electron chi connectivity index (χ3n) is 3.24. The molecule has 3 N–H and O–H groups in total. The molecule has 0 bridgehead atoms. The zero-order chi connectivity index (χ0) is 14.0. The summed E-state index contributed by atoms with van der Waals surface area (Å²) in [6.07, 6.45) is 2.33. The van der Waals surface area contributed by atoms with Crippen LogP contribution in [-0.4, -0.2) is 30.2 Å². The fourth-order valence-electron chi connectivity index (χ4n) is 1.78. The highest BCUT2D eigenvalue weighted by Crippen LogP contribution is 2.45. The van der Waals surface area contributed by atoms with Crippen molar-refractivity contribution in [1.29, 1.82) is 0 Å². The van der Waals surface area contributed by atoms with Crippen LogP contribution in [0.25, 0.3) is 0 Å². The molecule has 0 spiro atoms. The van der Waals surface area contributed by atoms with E-state index >= 15 is 0 Å². The molecule has 0 saturated heterocycles. The number of hydrogen-bond acceptors (Lipinski definition) is 4. The van der Waals surface area contributed by atoms with Gasteiger partial charge in [0.25, 0.3) is 0 Å². The molecular weight excluding hydrogens is 280 g/mol. The van der Waals surface area contributed by atoms with Crippen molar-refractivity contribution in [1.82, 2.24) is 0 Å². The van der Waals surface area contributed by atoms with Gasteiger partial charge in [0.15, 0.2) is 0 Å². The standard InChI is InChI=1S/C12H18N2O3SSi/c1-12(5-6-12)7-17-9-4-2-3-8(14-18(15)16)10(9)11(13)19/h2-4,18H,5-7,13,19H2,1H3,(H,14,15,16). The van der Waals surface area contributed by atoms with Crippen molar-refractivity contribution in [3.05, 3.63) is 23.8 Å². The van der Waals surface area contributed by atoms with Crippen LogP contribution in [0.15, 0.2) is 18.2 Å². The summed E-state index contributed by atoms with van der Waals surface area (Å²) in [7, 11) is -1.21. The first-order valence-electron chi connectivity index (χ1n) is 6.03. The zero-order valence-corrected chi connectivity index (χ0v) is 13.1. The van der Waals surface area contributed by atoms with Gasteiger partial charge < -0.3 is 10.5 Å². The van der Waals surface area contributed by atoms with E-state index in [2.05, 4.69) is 11.6 Å². The molecule has 104 valence electrons. The number of rotatable bonds is 6. The van der Waals surface area contributed by atoms with E-state index in [9.17, 15) is 8.42 Å². The molecule has 0 unspecified atom stereocenters. The Morgan fingerprint density at radius 1 is 1.53 bits per heavy atom. The molecule has 0 heterocycles. The average molecular weight is 298 g/mol. The highest BCUT2D eigenvalue weighted by Gasteiger charge is 2.38. The molecule has 0 atom stereocenters. The Hall–Kier alpha value is -1.34. The van der Waals surface area contributed by atoms with Gasteiger partial charge in [0.1, 0.15) is 5.75 Å². The Kier molecular flexibility index (Phi) is 3.95. The summed E-state index contributed by atoms with van der Waals surface area (Å²) in [5.74, 6) is 0.627. The first-order chi connectivity index (χ1) is 8.91. The van der Waals surface area contributed by atoms with Gasteiger partial charge in [-0.25, -0.2) is 8.42 Å². The van der Waals surface area contributed by atoms with Gasteiger partial charge in [-0.05, 0) is 25.0 Å². The molecule has 0 amide bonds. The Balaban J connectivity index is 2.27. The normalized spacial score (nSPS) is 16.1. The van der Waals surface area contributed by atoms with Crippen LogP contribution in [0.2, 0.25) is 0 Å². The van der Waals surface area contributed by atoms with Crippen LogP contribution in [-0.2, 0) is 10.9 Å². The fraction of sp³-hybridized carbons (Fsp3) is 0.417. The van der Waals surface area contributed by atoms with E-state index in [1.54, 1.807) is 12.1 Å². The molecule has 0 radical (unpaired) electrons. The minimum Gasteiger partial charge on any atom is -0.492 e. The van der Waals surface area contributed by atoms with Crippen LogP contribution >= 0.6 is 0 Å². The molecule has 1 aromatic carbocycles. The lowest BCUT2D eigenvalue weighted by molar-refractivity contribution is 0.247. The molecule has 1 saturated carbocycles. The highest BCUT2D eigenvalue weighted by molar-refractivity contribution is 7.73. The minimum absolute atomic E-state index is 0.259. The van der Waals surface area contributed by atoms with Crippen LogP contribution in [0.5, 0.6) is 5.75 Å². The van der Waals surface area contributed by atoms with Crippen molar-refractivity contribution in [3.63, 3.8) is 0 Å². The molecule has 7 heteroatoms. The number of hydrogen-bond donors (Lipinski definition) is 3. The Morgan fingerprint density at radius 2 is 2.21 bits per heavy atom. The predicted octanol–water partition coefficient (Wildman–Crippen LogP) is -0.126. The summed E-state index contributed by atoms with van der Waals surface area (Å²) in [5, 5.41) is 0.552. The molecule has 0 aliphatic heterocycles. The highest BCUT2D eigenvalue weighted by atomic mass is 32.2. The number of anilines is 1. The average Bonchev–Trinajstić information content (AvgIpc) is 3.04. The molecule has 1 aromatic rings. The van der Waals surface area contributed by atoms with E-state index in [0.717, 1.165) is 0 Å². The maximum atomic E-state index is 10.8. The van der Waals surface area contributed by atoms with Gasteiger partial charge in [0, 0.05) is 20.6 Å². The Morgan fingerprint density at radius 3 is 2.74 bits per heavy atom. The molecule has 0 aromatic heterocycles. The molecule has 2 rings (SSSR count). The monoisotopic (exact) mass is 298 g/mol. The van der Waals surface area contributed by atoms with Crippen molar-refractivity contribution in [3.8, 4) is 5.75 Å². The van der Waals surface area contributed by atoms with Crippen LogP contribution in [0.3, 0.4) is 0 Å². The number of nitrogens with two attached hydrogens (primary N) is 1. The molecule has 1 aliphatic carbocycles. The minimum atomic E-state index is -2.72. The largest absolute Gasteiger partial charge is 0.492 e. The lowest BCUT2D eigenvalue weighted by atomic mass is 10.1. The lowest BCUT2D eigenvalue weighted by Crippen LogP contribution is -2.19. The fourth-order valence-corrected chi connectivity index (χ4v) is 2.53. The van der Waals surface area contributed by atoms with Gasteiger partial charge in [0.05, 0.1) is 17.9 Å². The van der Waals surface area contributed by atoms with Crippen molar-refractivity contribution < 1.29 is 13.2 Å². The summed E-state index contributed by atoms with van der Waals surface area (Å²) in [6.45, 7) is 2.80. The molecule has 1 aliphatic rings. The van der Waals surface area contributed by atoms with Gasteiger partial charge in [-0.1, -0.05) is 13.0 Å². The van der Waals surface area contributed by atoms with Gasteiger partial charge in [-0.15, -0.1) is 0 Å². The summed E-state index contributed by atoms with van der Waals surface area (Å²) < 4.78 is 29.8. The Bertz CT molecular complexity index is 574. The van der Waals surface area contributed by atoms with Crippen LogP contribution in [0.4, 0.5) is 5.69 Å².